The van der Waals surface area contributed by atoms with E-state index in [4.69, 9.17) is 9.15 Å². The summed E-state index contributed by atoms with van der Waals surface area (Å²) in [6, 6.07) is 17.5. The molecule has 4 rings (SSSR count). The fourth-order valence-electron chi connectivity index (χ4n) is 3.52. The number of carbonyl (C=O) groups is 1. The van der Waals surface area contributed by atoms with Crippen molar-refractivity contribution in [1.82, 2.24) is 9.88 Å². The number of benzene rings is 2. The molecule has 1 saturated heterocycles. The maximum atomic E-state index is 11.7. The number of aryl methyl sites for hydroxylation is 1. The van der Waals surface area contributed by atoms with E-state index in [0.29, 0.717) is 37.9 Å². The number of ether oxygens (including phenoxy) is 1. The van der Waals surface area contributed by atoms with Crippen LogP contribution < -0.4 is 0 Å². The van der Waals surface area contributed by atoms with Crippen molar-refractivity contribution in [1.29, 1.82) is 0 Å². The number of hydrogen-bond acceptors (Lipinski definition) is 5. The fraction of sp³-hybridized carbons (Fsp3) is 0.273. The van der Waals surface area contributed by atoms with Gasteiger partial charge in [0.15, 0.2) is 11.5 Å². The number of rotatable bonds is 5. The Morgan fingerprint density at radius 3 is 2.68 bits per heavy atom. The predicted molar refractivity (Wildman–Crippen MR) is 104 cm³/mol. The molecule has 0 amide bonds. The summed E-state index contributed by atoms with van der Waals surface area (Å²) in [4.78, 5) is 18.0. The van der Waals surface area contributed by atoms with Crippen LogP contribution in [0.25, 0.3) is 11.5 Å². The summed E-state index contributed by atoms with van der Waals surface area (Å²) < 4.78 is 11.8. The van der Waals surface area contributed by atoms with Gasteiger partial charge in [-0.2, -0.15) is 0 Å². The maximum Gasteiger partial charge on any atom is 0.358 e. The zero-order valence-corrected chi connectivity index (χ0v) is 15.7. The van der Waals surface area contributed by atoms with E-state index in [1.165, 1.54) is 5.56 Å². The van der Waals surface area contributed by atoms with Gasteiger partial charge in [0.05, 0.1) is 19.3 Å². The lowest BCUT2D eigenvalue weighted by atomic mass is 10.0. The molecule has 1 atom stereocenters. The Kier molecular flexibility index (Phi) is 5.23. The van der Waals surface area contributed by atoms with E-state index in [1.807, 2.05) is 42.5 Å². The van der Waals surface area contributed by atoms with E-state index in [0.717, 1.165) is 11.1 Å². The van der Waals surface area contributed by atoms with E-state index < -0.39 is 5.97 Å². The molecule has 1 aliphatic rings. The molecule has 0 radical (unpaired) electrons. The van der Waals surface area contributed by atoms with E-state index in [-0.39, 0.29) is 11.8 Å². The fourth-order valence-corrected chi connectivity index (χ4v) is 3.52. The second-order valence-electron chi connectivity index (χ2n) is 6.91. The van der Waals surface area contributed by atoms with Crippen molar-refractivity contribution in [2.75, 3.05) is 19.7 Å². The van der Waals surface area contributed by atoms with Crippen LogP contribution in [0.15, 0.2) is 59.0 Å². The lowest BCUT2D eigenvalue weighted by Crippen LogP contribution is -2.38. The number of aromatic nitrogens is 1. The predicted octanol–water partition coefficient (Wildman–Crippen LogP) is 3.92. The second kappa shape index (κ2) is 7.96. The topological polar surface area (TPSA) is 75.8 Å². The average Bonchev–Trinajstić information content (AvgIpc) is 3.13. The van der Waals surface area contributed by atoms with Crippen LogP contribution in [0.5, 0.6) is 0 Å². The average molecular weight is 378 g/mol. The summed E-state index contributed by atoms with van der Waals surface area (Å²) in [6.07, 6.45) is -0.0419. The van der Waals surface area contributed by atoms with Gasteiger partial charge in [0.2, 0.25) is 5.89 Å². The molecule has 3 aromatic rings. The molecule has 28 heavy (non-hydrogen) atoms. The van der Waals surface area contributed by atoms with Gasteiger partial charge in [0.25, 0.3) is 0 Å². The Morgan fingerprint density at radius 2 is 1.93 bits per heavy atom. The highest BCUT2D eigenvalue weighted by molar-refractivity contribution is 5.87. The SMILES string of the molecule is Cc1ccccc1C1CN(Cc2oc(-c3ccccc3)nc2C(=O)O)CCO1. The summed E-state index contributed by atoms with van der Waals surface area (Å²) in [7, 11) is 0. The van der Waals surface area contributed by atoms with Crippen molar-refractivity contribution in [2.45, 2.75) is 19.6 Å². The molecule has 0 bridgehead atoms. The number of morpholine rings is 1. The van der Waals surface area contributed by atoms with Crippen LogP contribution in [-0.2, 0) is 11.3 Å². The Labute approximate surface area is 163 Å². The van der Waals surface area contributed by atoms with Gasteiger partial charge in [0, 0.05) is 18.7 Å². The summed E-state index contributed by atoms with van der Waals surface area (Å²) in [5, 5.41) is 9.56. The number of carboxylic acids is 1. The van der Waals surface area contributed by atoms with Gasteiger partial charge in [-0.3, -0.25) is 4.90 Å². The minimum atomic E-state index is -1.08. The normalized spacial score (nSPS) is 17.5. The van der Waals surface area contributed by atoms with Crippen LogP contribution in [0.1, 0.15) is 33.5 Å². The van der Waals surface area contributed by atoms with Gasteiger partial charge >= 0.3 is 5.97 Å². The van der Waals surface area contributed by atoms with Crippen molar-refractivity contribution < 1.29 is 19.1 Å². The highest BCUT2D eigenvalue weighted by Gasteiger charge is 2.27. The molecule has 2 heterocycles. The van der Waals surface area contributed by atoms with E-state index >= 15 is 0 Å². The smallest absolute Gasteiger partial charge is 0.358 e. The highest BCUT2D eigenvalue weighted by Crippen LogP contribution is 2.28. The first-order valence-electron chi connectivity index (χ1n) is 9.29. The summed E-state index contributed by atoms with van der Waals surface area (Å²) in [6.45, 7) is 4.42. The Morgan fingerprint density at radius 1 is 1.18 bits per heavy atom. The Hall–Kier alpha value is -2.96. The number of hydrogen-bond donors (Lipinski definition) is 1. The van der Waals surface area contributed by atoms with Gasteiger partial charge in [0.1, 0.15) is 0 Å². The highest BCUT2D eigenvalue weighted by atomic mass is 16.5. The second-order valence-corrected chi connectivity index (χ2v) is 6.91. The Balaban J connectivity index is 1.56. The van der Waals surface area contributed by atoms with E-state index in [1.54, 1.807) is 0 Å². The van der Waals surface area contributed by atoms with Crippen LogP contribution in [0.4, 0.5) is 0 Å². The largest absolute Gasteiger partial charge is 0.476 e. The molecule has 1 aliphatic heterocycles. The minimum Gasteiger partial charge on any atom is -0.476 e. The first-order chi connectivity index (χ1) is 13.6. The molecular weight excluding hydrogens is 356 g/mol. The third kappa shape index (κ3) is 3.83. The zero-order chi connectivity index (χ0) is 19.5. The number of nitrogens with zero attached hydrogens (tertiary/aromatic N) is 2. The monoisotopic (exact) mass is 378 g/mol. The summed E-state index contributed by atoms with van der Waals surface area (Å²) >= 11 is 0. The molecule has 1 N–H and O–H groups in total. The standard InChI is InChI=1S/C22H22N2O4/c1-15-7-5-6-10-17(15)18-13-24(11-12-27-18)14-19-20(22(25)26)23-21(28-19)16-8-3-2-4-9-16/h2-10,18H,11-14H2,1H3,(H,25,26). The molecule has 1 unspecified atom stereocenters. The molecule has 0 spiro atoms. The van der Waals surface area contributed by atoms with E-state index in [9.17, 15) is 9.90 Å². The van der Waals surface area contributed by atoms with Crippen molar-refractivity contribution in [3.63, 3.8) is 0 Å². The molecule has 0 saturated carbocycles. The van der Waals surface area contributed by atoms with Crippen molar-refractivity contribution in [3.05, 3.63) is 77.2 Å². The third-order valence-electron chi connectivity index (χ3n) is 4.97. The third-order valence-corrected chi connectivity index (χ3v) is 4.97. The summed E-state index contributed by atoms with van der Waals surface area (Å²) in [5.41, 5.74) is 3.08. The van der Waals surface area contributed by atoms with Crippen LogP contribution in [0.2, 0.25) is 0 Å². The van der Waals surface area contributed by atoms with Gasteiger partial charge < -0.3 is 14.3 Å². The van der Waals surface area contributed by atoms with Crippen molar-refractivity contribution in [3.8, 4) is 11.5 Å². The molecular formula is C22H22N2O4. The zero-order valence-electron chi connectivity index (χ0n) is 15.7. The molecule has 6 nitrogen and oxygen atoms in total. The lowest BCUT2D eigenvalue weighted by molar-refractivity contribution is -0.0350. The number of aromatic carboxylic acids is 1. The van der Waals surface area contributed by atoms with E-state index in [2.05, 4.69) is 28.9 Å². The van der Waals surface area contributed by atoms with Crippen LogP contribution in [0, 0.1) is 6.92 Å². The molecule has 144 valence electrons. The minimum absolute atomic E-state index is 0.0298. The van der Waals surface area contributed by atoms with Gasteiger partial charge in [-0.05, 0) is 30.2 Å². The lowest BCUT2D eigenvalue weighted by Gasteiger charge is -2.33. The van der Waals surface area contributed by atoms with Crippen LogP contribution in [0.3, 0.4) is 0 Å². The number of oxazole rings is 1. The molecule has 1 aromatic heterocycles. The Bertz CT molecular complexity index is 968. The van der Waals surface area contributed by atoms with Gasteiger partial charge in [-0.15, -0.1) is 0 Å². The quantitative estimate of drug-likeness (QED) is 0.725. The summed E-state index contributed by atoms with van der Waals surface area (Å²) in [5.74, 6) is -0.377. The van der Waals surface area contributed by atoms with Crippen molar-refractivity contribution >= 4 is 5.97 Å². The first kappa shape index (κ1) is 18.4. The van der Waals surface area contributed by atoms with Crippen LogP contribution >= 0.6 is 0 Å². The maximum absolute atomic E-state index is 11.7. The number of carboxylic acid groups (broad SMARTS) is 1. The first-order valence-corrected chi connectivity index (χ1v) is 9.29. The van der Waals surface area contributed by atoms with Crippen molar-refractivity contribution in [2.24, 2.45) is 0 Å². The van der Waals surface area contributed by atoms with Gasteiger partial charge in [-0.25, -0.2) is 9.78 Å². The van der Waals surface area contributed by atoms with Crippen LogP contribution in [-0.4, -0.2) is 40.7 Å². The molecule has 2 aromatic carbocycles. The van der Waals surface area contributed by atoms with Gasteiger partial charge in [-0.1, -0.05) is 42.5 Å². The molecule has 6 heteroatoms. The molecule has 1 fully saturated rings. The molecule has 0 aliphatic carbocycles.